The summed E-state index contributed by atoms with van der Waals surface area (Å²) in [6.45, 7) is 16.4. The molecular formula is C25H38NO5P. The van der Waals surface area contributed by atoms with Crippen LogP contribution in [0.2, 0.25) is 0 Å². The van der Waals surface area contributed by atoms with Crippen LogP contribution in [0.3, 0.4) is 0 Å². The van der Waals surface area contributed by atoms with Crippen LogP contribution < -0.4 is 4.90 Å². The van der Waals surface area contributed by atoms with Gasteiger partial charge in [-0.25, -0.2) is 0 Å². The molecule has 0 aliphatic carbocycles. The number of rotatable bonds is 8. The second-order valence-electron chi connectivity index (χ2n) is 9.92. The zero-order chi connectivity index (χ0) is 24.3. The smallest absolute Gasteiger partial charge is 0.350 e. The first kappa shape index (κ1) is 26.2. The van der Waals surface area contributed by atoms with E-state index in [4.69, 9.17) is 9.05 Å². The quantitative estimate of drug-likeness (QED) is 0.408. The summed E-state index contributed by atoms with van der Waals surface area (Å²) in [5, 5.41) is 20.9. The molecule has 0 aliphatic rings. The fourth-order valence-corrected chi connectivity index (χ4v) is 5.25. The molecule has 178 valence electrons. The Morgan fingerprint density at radius 1 is 0.812 bits per heavy atom. The summed E-state index contributed by atoms with van der Waals surface area (Å²) >= 11 is 0. The number of aromatic hydroxyl groups is 2. The highest BCUT2D eigenvalue weighted by Crippen LogP contribution is 2.52. The van der Waals surface area contributed by atoms with E-state index in [-0.39, 0.29) is 41.8 Å². The third kappa shape index (κ3) is 6.28. The predicted molar refractivity (Wildman–Crippen MR) is 131 cm³/mol. The summed E-state index contributed by atoms with van der Waals surface area (Å²) in [5.74, 6) is 0.417. The third-order valence-corrected chi connectivity index (χ3v) is 7.08. The molecule has 0 spiro atoms. The monoisotopic (exact) mass is 463 g/mol. The van der Waals surface area contributed by atoms with Crippen LogP contribution in [0.1, 0.15) is 66.5 Å². The van der Waals surface area contributed by atoms with Gasteiger partial charge in [-0.1, -0.05) is 41.5 Å². The molecule has 0 saturated heterocycles. The van der Waals surface area contributed by atoms with E-state index in [0.717, 1.165) is 22.5 Å². The van der Waals surface area contributed by atoms with Gasteiger partial charge in [0.05, 0.1) is 13.2 Å². The molecule has 0 heterocycles. The molecule has 0 fully saturated rings. The number of hydrogen-bond donors (Lipinski definition) is 2. The zero-order valence-corrected chi connectivity index (χ0v) is 21.5. The summed E-state index contributed by atoms with van der Waals surface area (Å²) in [4.78, 5) is 1.87. The van der Waals surface area contributed by atoms with Gasteiger partial charge in [-0.3, -0.25) is 4.57 Å². The zero-order valence-electron chi connectivity index (χ0n) is 20.6. The number of phenolic OH excluding ortho intramolecular Hbond substituents is 2. The lowest BCUT2D eigenvalue weighted by molar-refractivity contribution is 0.220. The predicted octanol–water partition coefficient (Wildman–Crippen LogP) is 7.05. The highest BCUT2D eigenvalue weighted by Gasteiger charge is 2.32. The summed E-state index contributed by atoms with van der Waals surface area (Å²) in [7, 11) is -3.44. The first-order chi connectivity index (χ1) is 14.7. The van der Waals surface area contributed by atoms with E-state index in [1.54, 1.807) is 38.1 Å². The van der Waals surface area contributed by atoms with Crippen molar-refractivity contribution in [1.29, 1.82) is 0 Å². The van der Waals surface area contributed by atoms with Gasteiger partial charge in [-0.05, 0) is 61.1 Å². The van der Waals surface area contributed by atoms with Crippen LogP contribution in [0.15, 0.2) is 36.4 Å². The van der Waals surface area contributed by atoms with Gasteiger partial charge >= 0.3 is 7.60 Å². The van der Waals surface area contributed by atoms with Crippen LogP contribution in [-0.2, 0) is 24.4 Å². The Hall–Kier alpha value is -2.01. The van der Waals surface area contributed by atoms with Crippen molar-refractivity contribution in [3.8, 4) is 11.5 Å². The van der Waals surface area contributed by atoms with Crippen molar-refractivity contribution in [2.75, 3.05) is 24.4 Å². The van der Waals surface area contributed by atoms with Gasteiger partial charge in [-0.2, -0.15) is 0 Å². The van der Waals surface area contributed by atoms with Crippen molar-refractivity contribution >= 4 is 19.0 Å². The fraction of sp³-hybridized carbons (Fsp3) is 0.520. The number of benzene rings is 2. The molecule has 0 aliphatic heterocycles. The maximum Gasteiger partial charge on any atom is 0.350 e. The van der Waals surface area contributed by atoms with E-state index in [2.05, 4.69) is 41.5 Å². The van der Waals surface area contributed by atoms with Gasteiger partial charge in [0.1, 0.15) is 17.8 Å². The molecule has 2 aromatic rings. The van der Waals surface area contributed by atoms with Crippen LogP contribution in [0.4, 0.5) is 11.4 Å². The molecule has 0 radical (unpaired) electrons. The molecule has 0 bridgehead atoms. The van der Waals surface area contributed by atoms with Crippen molar-refractivity contribution in [2.24, 2.45) is 0 Å². The van der Waals surface area contributed by atoms with Crippen molar-refractivity contribution in [2.45, 2.75) is 66.2 Å². The molecule has 0 unspecified atom stereocenters. The summed E-state index contributed by atoms with van der Waals surface area (Å²) in [6.07, 6.45) is -0.00258. The van der Waals surface area contributed by atoms with E-state index in [0.29, 0.717) is 0 Å². The van der Waals surface area contributed by atoms with Crippen LogP contribution in [0, 0.1) is 0 Å². The van der Waals surface area contributed by atoms with E-state index < -0.39 is 7.60 Å². The van der Waals surface area contributed by atoms with Gasteiger partial charge < -0.3 is 24.2 Å². The second-order valence-corrected chi connectivity index (χ2v) is 11.9. The average molecular weight is 464 g/mol. The Morgan fingerprint density at radius 3 is 1.62 bits per heavy atom. The first-order valence-corrected chi connectivity index (χ1v) is 12.8. The number of nitrogens with zero attached hydrogens (tertiary/aromatic N) is 1. The maximum atomic E-state index is 13.5. The van der Waals surface area contributed by atoms with Crippen LogP contribution in [0.5, 0.6) is 11.5 Å². The van der Waals surface area contributed by atoms with Gasteiger partial charge in [0.25, 0.3) is 0 Å². The number of phenols is 2. The lowest BCUT2D eigenvalue weighted by Gasteiger charge is -2.33. The van der Waals surface area contributed by atoms with Crippen molar-refractivity contribution < 1.29 is 23.8 Å². The normalized spacial score (nSPS) is 12.8. The molecular weight excluding hydrogens is 425 g/mol. The Labute approximate surface area is 192 Å². The van der Waals surface area contributed by atoms with E-state index in [1.807, 2.05) is 17.0 Å². The Morgan fingerprint density at radius 2 is 1.25 bits per heavy atom. The maximum absolute atomic E-state index is 13.5. The SMILES string of the molecule is CCOP(=O)(CN(c1ccc(O)cc1)c1cc(C(C)(C)C)c(O)c(C(C)(C)C)c1)OCC. The second kappa shape index (κ2) is 9.86. The molecule has 32 heavy (non-hydrogen) atoms. The highest BCUT2D eigenvalue weighted by atomic mass is 31.2. The van der Waals surface area contributed by atoms with E-state index >= 15 is 0 Å². The van der Waals surface area contributed by atoms with Crippen molar-refractivity contribution in [3.63, 3.8) is 0 Å². The molecule has 0 aromatic heterocycles. The summed E-state index contributed by atoms with van der Waals surface area (Å²) < 4.78 is 24.6. The molecule has 2 aromatic carbocycles. The van der Waals surface area contributed by atoms with Crippen molar-refractivity contribution in [1.82, 2.24) is 0 Å². The van der Waals surface area contributed by atoms with E-state index in [9.17, 15) is 14.8 Å². The number of hydrogen-bond acceptors (Lipinski definition) is 6. The first-order valence-electron chi connectivity index (χ1n) is 11.0. The standard InChI is InChI=1S/C25H38NO5P/c1-9-30-32(29,31-10-2)17-26(18-11-13-20(27)14-12-18)19-15-21(24(3,4)5)23(28)22(16-19)25(6,7)8/h11-16,27-28H,9-10,17H2,1-8H3. The summed E-state index contributed by atoms with van der Waals surface area (Å²) in [5.41, 5.74) is 2.46. The average Bonchev–Trinajstić information content (AvgIpc) is 2.66. The van der Waals surface area contributed by atoms with Crippen LogP contribution in [0.25, 0.3) is 0 Å². The Kier molecular flexibility index (Phi) is 8.09. The van der Waals surface area contributed by atoms with Gasteiger partial charge in [0, 0.05) is 22.5 Å². The van der Waals surface area contributed by atoms with Gasteiger partial charge in [-0.15, -0.1) is 0 Å². The molecule has 0 amide bonds. The van der Waals surface area contributed by atoms with Gasteiger partial charge in [0.15, 0.2) is 0 Å². The molecule has 6 nitrogen and oxygen atoms in total. The number of anilines is 2. The topological polar surface area (TPSA) is 79.2 Å². The minimum atomic E-state index is -3.44. The largest absolute Gasteiger partial charge is 0.508 e. The van der Waals surface area contributed by atoms with Crippen LogP contribution in [-0.4, -0.2) is 29.7 Å². The molecule has 7 heteroatoms. The Bertz CT molecular complexity index is 913. The van der Waals surface area contributed by atoms with Crippen LogP contribution >= 0.6 is 7.60 Å². The van der Waals surface area contributed by atoms with Crippen molar-refractivity contribution in [3.05, 3.63) is 47.5 Å². The molecule has 2 rings (SSSR count). The molecule has 0 saturated carbocycles. The fourth-order valence-electron chi connectivity index (χ4n) is 3.55. The minimum absolute atomic E-state index is 0.00258. The Balaban J connectivity index is 2.78. The molecule has 0 atom stereocenters. The third-order valence-electron chi connectivity index (χ3n) is 5.15. The molecule has 2 N–H and O–H groups in total. The highest BCUT2D eigenvalue weighted by molar-refractivity contribution is 7.54. The minimum Gasteiger partial charge on any atom is -0.508 e. The van der Waals surface area contributed by atoms with Gasteiger partial charge in [0.2, 0.25) is 0 Å². The lowest BCUT2D eigenvalue weighted by atomic mass is 9.79. The summed E-state index contributed by atoms with van der Waals surface area (Å²) in [6, 6.07) is 10.6. The van der Waals surface area contributed by atoms with E-state index in [1.165, 1.54) is 0 Å². The lowest BCUT2D eigenvalue weighted by Crippen LogP contribution is -2.23.